The van der Waals surface area contributed by atoms with Crippen LogP contribution < -0.4 is 0 Å². The molecule has 0 bridgehead atoms. The van der Waals surface area contributed by atoms with Gasteiger partial charge in [-0.05, 0) is 25.2 Å². The number of amides is 3. The quantitative estimate of drug-likeness (QED) is 0.513. The van der Waals surface area contributed by atoms with Gasteiger partial charge in [-0.25, -0.2) is 8.42 Å². The molecular formula is C18H26N2O5S. The van der Waals surface area contributed by atoms with E-state index in [1.54, 1.807) is 4.90 Å². The molecule has 144 valence electrons. The number of allylic oxidation sites excluding steroid dienone is 2. The molecule has 1 aliphatic carbocycles. The van der Waals surface area contributed by atoms with Gasteiger partial charge >= 0.3 is 0 Å². The van der Waals surface area contributed by atoms with Crippen molar-refractivity contribution in [3.8, 4) is 0 Å². The Hall–Kier alpha value is -1.70. The molecule has 2 heterocycles. The lowest BCUT2D eigenvalue weighted by atomic mass is 9.85. The third-order valence-electron chi connectivity index (χ3n) is 5.42. The Morgan fingerprint density at radius 1 is 1.19 bits per heavy atom. The summed E-state index contributed by atoms with van der Waals surface area (Å²) < 4.78 is 23.6. The van der Waals surface area contributed by atoms with Gasteiger partial charge in [0.15, 0.2) is 9.84 Å². The molecule has 3 amide bonds. The molecule has 26 heavy (non-hydrogen) atoms. The molecule has 7 nitrogen and oxygen atoms in total. The molecule has 0 aromatic carbocycles. The molecule has 0 radical (unpaired) electrons. The van der Waals surface area contributed by atoms with Crippen molar-refractivity contribution in [1.82, 2.24) is 9.80 Å². The van der Waals surface area contributed by atoms with Gasteiger partial charge in [0.1, 0.15) is 6.54 Å². The van der Waals surface area contributed by atoms with Crippen LogP contribution in [-0.2, 0) is 24.2 Å². The number of hydrogen-bond acceptors (Lipinski definition) is 5. The molecule has 2 aliphatic heterocycles. The number of imide groups is 1. The summed E-state index contributed by atoms with van der Waals surface area (Å²) in [5.41, 5.74) is 0. The first-order valence-corrected chi connectivity index (χ1v) is 11.0. The van der Waals surface area contributed by atoms with Crippen LogP contribution in [0.15, 0.2) is 12.2 Å². The summed E-state index contributed by atoms with van der Waals surface area (Å²) in [6.45, 7) is 4.05. The Morgan fingerprint density at radius 2 is 1.77 bits per heavy atom. The van der Waals surface area contributed by atoms with E-state index in [0.29, 0.717) is 25.8 Å². The summed E-state index contributed by atoms with van der Waals surface area (Å²) >= 11 is 0. The molecule has 3 aliphatic rings. The van der Waals surface area contributed by atoms with Crippen LogP contribution in [0.25, 0.3) is 0 Å². The van der Waals surface area contributed by atoms with E-state index >= 15 is 0 Å². The molecule has 8 heteroatoms. The van der Waals surface area contributed by atoms with Crippen LogP contribution in [0.5, 0.6) is 0 Å². The van der Waals surface area contributed by atoms with Crippen molar-refractivity contribution < 1.29 is 22.8 Å². The molecule has 0 aromatic rings. The van der Waals surface area contributed by atoms with Crippen molar-refractivity contribution >= 4 is 27.6 Å². The average Bonchev–Trinajstić information content (AvgIpc) is 3.05. The number of sulfone groups is 1. The van der Waals surface area contributed by atoms with E-state index in [1.807, 2.05) is 26.0 Å². The lowest BCUT2D eigenvalue weighted by Gasteiger charge is -2.31. The lowest BCUT2D eigenvalue weighted by Crippen LogP contribution is -2.49. The Morgan fingerprint density at radius 3 is 2.23 bits per heavy atom. The van der Waals surface area contributed by atoms with E-state index in [1.165, 1.54) is 0 Å². The molecule has 3 atom stereocenters. The zero-order valence-corrected chi connectivity index (χ0v) is 16.1. The minimum atomic E-state index is -3.13. The van der Waals surface area contributed by atoms with Crippen LogP contribution in [-0.4, -0.2) is 66.6 Å². The normalized spacial score (nSPS) is 30.1. The van der Waals surface area contributed by atoms with E-state index in [0.717, 1.165) is 4.90 Å². The summed E-state index contributed by atoms with van der Waals surface area (Å²) in [6.07, 6.45) is 5.31. The van der Waals surface area contributed by atoms with Gasteiger partial charge < -0.3 is 4.90 Å². The van der Waals surface area contributed by atoms with Gasteiger partial charge in [0, 0.05) is 12.6 Å². The molecule has 3 rings (SSSR count). The van der Waals surface area contributed by atoms with Crippen molar-refractivity contribution in [2.45, 2.75) is 39.2 Å². The first kappa shape index (κ1) is 19.1. The molecule has 2 saturated heterocycles. The van der Waals surface area contributed by atoms with Crippen LogP contribution in [0.2, 0.25) is 0 Å². The van der Waals surface area contributed by atoms with Gasteiger partial charge in [-0.2, -0.15) is 0 Å². The first-order chi connectivity index (χ1) is 12.2. The lowest BCUT2D eigenvalue weighted by molar-refractivity contribution is -0.147. The Balaban J connectivity index is 1.73. The zero-order valence-electron chi connectivity index (χ0n) is 15.3. The molecule has 0 unspecified atom stereocenters. The number of fused-ring (bicyclic) bond motifs is 1. The SMILES string of the molecule is CC(C)CN(C(=O)CN1C(=O)[C@@H]2CC=CC[C@H]2C1=O)[C@@H]1CCS(=O)(=O)C1. The highest BCUT2D eigenvalue weighted by atomic mass is 32.2. The van der Waals surface area contributed by atoms with Crippen molar-refractivity contribution in [2.24, 2.45) is 17.8 Å². The van der Waals surface area contributed by atoms with Crippen molar-refractivity contribution in [3.05, 3.63) is 12.2 Å². The van der Waals surface area contributed by atoms with E-state index in [4.69, 9.17) is 0 Å². The molecule has 0 spiro atoms. The standard InChI is InChI=1S/C18H26N2O5S/c1-12(2)9-19(13-7-8-26(24,25)11-13)16(21)10-20-17(22)14-5-3-4-6-15(14)18(20)23/h3-4,12-15H,5-11H2,1-2H3/t13-,14-,15-/m1/s1. The van der Waals surface area contributed by atoms with Crippen LogP contribution >= 0.6 is 0 Å². The third kappa shape index (κ3) is 3.70. The summed E-state index contributed by atoms with van der Waals surface area (Å²) in [5, 5.41) is 0. The number of nitrogens with zero attached hydrogens (tertiary/aromatic N) is 2. The van der Waals surface area contributed by atoms with Gasteiger partial charge in [-0.1, -0.05) is 26.0 Å². The topological polar surface area (TPSA) is 91.8 Å². The Labute approximate surface area is 154 Å². The molecular weight excluding hydrogens is 356 g/mol. The summed E-state index contributed by atoms with van der Waals surface area (Å²) in [6, 6.07) is -0.369. The maximum absolute atomic E-state index is 12.9. The second-order valence-corrected chi connectivity index (χ2v) is 10.1. The number of carbonyl (C=O) groups is 3. The van der Waals surface area contributed by atoms with Gasteiger partial charge in [0.25, 0.3) is 0 Å². The minimum Gasteiger partial charge on any atom is -0.337 e. The first-order valence-electron chi connectivity index (χ1n) is 9.19. The average molecular weight is 382 g/mol. The summed E-state index contributed by atoms with van der Waals surface area (Å²) in [4.78, 5) is 40.7. The number of likely N-dealkylation sites (tertiary alicyclic amines) is 1. The maximum Gasteiger partial charge on any atom is 0.243 e. The zero-order chi connectivity index (χ0) is 19.1. The third-order valence-corrected chi connectivity index (χ3v) is 7.17. The number of carbonyl (C=O) groups excluding carboxylic acids is 3. The van der Waals surface area contributed by atoms with E-state index in [-0.39, 0.29) is 59.6 Å². The van der Waals surface area contributed by atoms with Gasteiger partial charge in [-0.15, -0.1) is 0 Å². The van der Waals surface area contributed by atoms with Gasteiger partial charge in [-0.3, -0.25) is 19.3 Å². The number of hydrogen-bond donors (Lipinski definition) is 0. The second-order valence-electron chi connectivity index (χ2n) is 7.92. The van der Waals surface area contributed by atoms with Crippen LogP contribution in [0.3, 0.4) is 0 Å². The van der Waals surface area contributed by atoms with Crippen LogP contribution in [0.1, 0.15) is 33.1 Å². The van der Waals surface area contributed by atoms with Crippen molar-refractivity contribution in [3.63, 3.8) is 0 Å². The van der Waals surface area contributed by atoms with Crippen LogP contribution in [0.4, 0.5) is 0 Å². The molecule has 0 saturated carbocycles. The maximum atomic E-state index is 12.9. The van der Waals surface area contributed by atoms with Crippen molar-refractivity contribution in [2.75, 3.05) is 24.6 Å². The minimum absolute atomic E-state index is 0.0392. The Kier molecular flexibility index (Phi) is 5.23. The van der Waals surface area contributed by atoms with Crippen LogP contribution in [0, 0.1) is 17.8 Å². The highest BCUT2D eigenvalue weighted by Crippen LogP contribution is 2.35. The second kappa shape index (κ2) is 7.13. The van der Waals surface area contributed by atoms with E-state index < -0.39 is 9.84 Å². The predicted molar refractivity (Wildman–Crippen MR) is 95.7 cm³/mol. The van der Waals surface area contributed by atoms with Crippen molar-refractivity contribution in [1.29, 1.82) is 0 Å². The summed E-state index contributed by atoms with van der Waals surface area (Å²) in [7, 11) is -3.13. The molecule has 0 aromatic heterocycles. The fourth-order valence-electron chi connectivity index (χ4n) is 4.12. The number of rotatable bonds is 5. The smallest absolute Gasteiger partial charge is 0.243 e. The highest BCUT2D eigenvalue weighted by molar-refractivity contribution is 7.91. The Bertz CT molecular complexity index is 717. The van der Waals surface area contributed by atoms with Gasteiger partial charge in [0.2, 0.25) is 17.7 Å². The summed E-state index contributed by atoms with van der Waals surface area (Å²) in [5.74, 6) is -1.40. The fourth-order valence-corrected chi connectivity index (χ4v) is 5.85. The largest absolute Gasteiger partial charge is 0.337 e. The predicted octanol–water partition coefficient (Wildman–Crippen LogP) is 0.609. The fraction of sp³-hybridized carbons (Fsp3) is 0.722. The molecule has 0 N–H and O–H groups in total. The van der Waals surface area contributed by atoms with E-state index in [2.05, 4.69) is 0 Å². The van der Waals surface area contributed by atoms with Gasteiger partial charge in [0.05, 0.1) is 23.3 Å². The van der Waals surface area contributed by atoms with E-state index in [9.17, 15) is 22.8 Å². The molecule has 2 fully saturated rings. The monoisotopic (exact) mass is 382 g/mol. The highest BCUT2D eigenvalue weighted by Gasteiger charge is 2.48.